The second kappa shape index (κ2) is 5.17. The lowest BCUT2D eigenvalue weighted by atomic mass is 10.2. The first kappa shape index (κ1) is 13.8. The van der Waals surface area contributed by atoms with Crippen LogP contribution in [-0.4, -0.2) is 21.0 Å². The molecule has 1 unspecified atom stereocenters. The van der Waals surface area contributed by atoms with Gasteiger partial charge < -0.3 is 5.73 Å². The summed E-state index contributed by atoms with van der Waals surface area (Å²) in [6.45, 7) is 2.09. The molecule has 100 valence electrons. The summed E-state index contributed by atoms with van der Waals surface area (Å²) in [7, 11) is -3.59. The first-order valence-corrected chi connectivity index (χ1v) is 7.79. The number of nitrogens with two attached hydrogens (primary N) is 1. The van der Waals surface area contributed by atoms with Gasteiger partial charge in [-0.3, -0.25) is 0 Å². The zero-order chi connectivity index (χ0) is 13.3. The van der Waals surface area contributed by atoms with Crippen LogP contribution in [0.2, 0.25) is 5.02 Å². The molecule has 0 heterocycles. The number of benzene rings is 1. The molecule has 0 spiro atoms. The molecule has 0 aliphatic heterocycles. The van der Waals surface area contributed by atoms with E-state index in [1.54, 1.807) is 19.1 Å². The van der Waals surface area contributed by atoms with E-state index in [0.29, 0.717) is 12.5 Å². The molecule has 1 atom stereocenters. The van der Waals surface area contributed by atoms with Crippen LogP contribution in [0.1, 0.15) is 18.4 Å². The zero-order valence-corrected chi connectivity index (χ0v) is 11.8. The third-order valence-electron chi connectivity index (χ3n) is 3.20. The van der Waals surface area contributed by atoms with Crippen LogP contribution >= 0.6 is 11.6 Å². The Morgan fingerprint density at radius 2 is 2.17 bits per heavy atom. The van der Waals surface area contributed by atoms with Crippen molar-refractivity contribution < 1.29 is 8.42 Å². The highest BCUT2D eigenvalue weighted by molar-refractivity contribution is 7.89. The van der Waals surface area contributed by atoms with Crippen molar-refractivity contribution in [2.75, 3.05) is 6.54 Å². The summed E-state index contributed by atoms with van der Waals surface area (Å²) >= 11 is 6.05. The SMILES string of the molecule is Cc1cccc(S(=O)(=O)NC(CN)C2CC2)c1Cl. The highest BCUT2D eigenvalue weighted by Crippen LogP contribution is 2.33. The Hall–Kier alpha value is -0.620. The minimum Gasteiger partial charge on any atom is -0.329 e. The molecule has 1 fully saturated rings. The van der Waals surface area contributed by atoms with Crippen LogP contribution in [0, 0.1) is 12.8 Å². The fourth-order valence-electron chi connectivity index (χ4n) is 1.93. The molecular formula is C12H17ClN2O2S. The second-order valence-electron chi connectivity index (χ2n) is 4.69. The number of hydrogen-bond donors (Lipinski definition) is 2. The van der Waals surface area contributed by atoms with Crippen LogP contribution in [0.5, 0.6) is 0 Å². The average molecular weight is 289 g/mol. The summed E-state index contributed by atoms with van der Waals surface area (Å²) in [5, 5.41) is 0.275. The fraction of sp³-hybridized carbons (Fsp3) is 0.500. The van der Waals surface area contributed by atoms with Gasteiger partial charge in [-0.05, 0) is 37.3 Å². The summed E-state index contributed by atoms with van der Waals surface area (Å²) in [6.07, 6.45) is 2.07. The first-order valence-electron chi connectivity index (χ1n) is 5.93. The molecule has 0 aromatic heterocycles. The van der Waals surface area contributed by atoms with Crippen molar-refractivity contribution in [2.24, 2.45) is 11.7 Å². The number of hydrogen-bond acceptors (Lipinski definition) is 3. The lowest BCUT2D eigenvalue weighted by Gasteiger charge is -2.17. The molecule has 1 saturated carbocycles. The van der Waals surface area contributed by atoms with Gasteiger partial charge in [0.25, 0.3) is 0 Å². The van der Waals surface area contributed by atoms with Gasteiger partial charge >= 0.3 is 0 Å². The van der Waals surface area contributed by atoms with E-state index in [-0.39, 0.29) is 16.0 Å². The third kappa shape index (κ3) is 2.85. The van der Waals surface area contributed by atoms with Crippen LogP contribution in [-0.2, 0) is 10.0 Å². The normalized spacial score (nSPS) is 17.7. The second-order valence-corrected chi connectivity index (χ2v) is 6.75. The Morgan fingerprint density at radius 1 is 1.50 bits per heavy atom. The Morgan fingerprint density at radius 3 is 2.72 bits per heavy atom. The number of rotatable bonds is 5. The molecule has 6 heteroatoms. The molecule has 0 bridgehead atoms. The van der Waals surface area contributed by atoms with Crippen molar-refractivity contribution in [3.05, 3.63) is 28.8 Å². The summed E-state index contributed by atoms with van der Waals surface area (Å²) < 4.78 is 27.2. The van der Waals surface area contributed by atoms with Crippen LogP contribution in [0.3, 0.4) is 0 Å². The minimum absolute atomic E-state index is 0.128. The topological polar surface area (TPSA) is 72.2 Å². The molecule has 0 radical (unpaired) electrons. The molecule has 2 rings (SSSR count). The first-order chi connectivity index (χ1) is 8.45. The Bertz CT molecular complexity index is 541. The molecule has 4 nitrogen and oxygen atoms in total. The van der Waals surface area contributed by atoms with Crippen molar-refractivity contribution in [1.29, 1.82) is 0 Å². The molecule has 1 aromatic carbocycles. The molecule has 1 aliphatic carbocycles. The van der Waals surface area contributed by atoms with Crippen molar-refractivity contribution in [2.45, 2.75) is 30.7 Å². The van der Waals surface area contributed by atoms with Gasteiger partial charge in [-0.1, -0.05) is 23.7 Å². The summed E-state index contributed by atoms with van der Waals surface area (Å²) in [4.78, 5) is 0.128. The van der Waals surface area contributed by atoms with Gasteiger partial charge in [0.15, 0.2) is 0 Å². The van der Waals surface area contributed by atoms with Gasteiger partial charge in [0.1, 0.15) is 4.90 Å². The molecule has 0 saturated heterocycles. The van der Waals surface area contributed by atoms with Crippen LogP contribution in [0.15, 0.2) is 23.1 Å². The van der Waals surface area contributed by atoms with Crippen LogP contribution in [0.25, 0.3) is 0 Å². The summed E-state index contributed by atoms with van der Waals surface area (Å²) in [5.41, 5.74) is 6.35. The van der Waals surface area contributed by atoms with E-state index in [1.807, 2.05) is 0 Å². The van der Waals surface area contributed by atoms with Gasteiger partial charge in [0, 0.05) is 12.6 Å². The van der Waals surface area contributed by atoms with Gasteiger partial charge in [0.05, 0.1) is 5.02 Å². The molecule has 3 N–H and O–H groups in total. The number of nitrogens with one attached hydrogen (secondary N) is 1. The highest BCUT2D eigenvalue weighted by Gasteiger charge is 2.34. The highest BCUT2D eigenvalue weighted by atomic mass is 35.5. The van der Waals surface area contributed by atoms with E-state index in [9.17, 15) is 8.42 Å². The maximum atomic E-state index is 12.3. The van der Waals surface area contributed by atoms with E-state index >= 15 is 0 Å². The molecular weight excluding hydrogens is 272 g/mol. The molecule has 0 amide bonds. The smallest absolute Gasteiger partial charge is 0.242 e. The maximum absolute atomic E-state index is 12.3. The molecule has 1 aliphatic rings. The van der Waals surface area contributed by atoms with E-state index < -0.39 is 10.0 Å². The Kier molecular flexibility index (Phi) is 3.96. The van der Waals surface area contributed by atoms with Gasteiger partial charge in [0.2, 0.25) is 10.0 Å². The number of halogens is 1. The third-order valence-corrected chi connectivity index (χ3v) is 5.34. The minimum atomic E-state index is -3.59. The molecule has 18 heavy (non-hydrogen) atoms. The lowest BCUT2D eigenvalue weighted by molar-refractivity contribution is 0.519. The Balaban J connectivity index is 2.27. The lowest BCUT2D eigenvalue weighted by Crippen LogP contribution is -2.41. The number of aryl methyl sites for hydroxylation is 1. The summed E-state index contributed by atoms with van der Waals surface area (Å²) in [6, 6.07) is 4.79. The average Bonchev–Trinajstić information content (AvgIpc) is 3.13. The predicted molar refractivity (Wildman–Crippen MR) is 72.1 cm³/mol. The molecule has 1 aromatic rings. The van der Waals surface area contributed by atoms with E-state index in [1.165, 1.54) is 6.07 Å². The van der Waals surface area contributed by atoms with Gasteiger partial charge in [-0.15, -0.1) is 0 Å². The number of sulfonamides is 1. The zero-order valence-electron chi connectivity index (χ0n) is 10.2. The van der Waals surface area contributed by atoms with Crippen molar-refractivity contribution in [3.8, 4) is 0 Å². The van der Waals surface area contributed by atoms with E-state index in [2.05, 4.69) is 4.72 Å². The van der Waals surface area contributed by atoms with Gasteiger partial charge in [-0.2, -0.15) is 0 Å². The van der Waals surface area contributed by atoms with Crippen molar-refractivity contribution in [1.82, 2.24) is 4.72 Å². The maximum Gasteiger partial charge on any atom is 0.242 e. The predicted octanol–water partition coefficient (Wildman–Crippen LogP) is 1.66. The standard InChI is InChI=1S/C12H17ClN2O2S/c1-8-3-2-4-11(12(8)13)18(16,17)15-10(7-14)9-5-6-9/h2-4,9-10,15H,5-7,14H2,1H3. The van der Waals surface area contributed by atoms with Crippen LogP contribution in [0.4, 0.5) is 0 Å². The largest absolute Gasteiger partial charge is 0.329 e. The Labute approximate surface area is 113 Å². The van der Waals surface area contributed by atoms with Crippen LogP contribution < -0.4 is 10.5 Å². The monoisotopic (exact) mass is 288 g/mol. The van der Waals surface area contributed by atoms with Gasteiger partial charge in [-0.25, -0.2) is 13.1 Å². The van der Waals surface area contributed by atoms with E-state index in [0.717, 1.165) is 18.4 Å². The van der Waals surface area contributed by atoms with Crippen molar-refractivity contribution in [3.63, 3.8) is 0 Å². The summed E-state index contributed by atoms with van der Waals surface area (Å²) in [5.74, 6) is 0.369. The fourth-order valence-corrected chi connectivity index (χ4v) is 3.83. The van der Waals surface area contributed by atoms with Crippen molar-refractivity contribution >= 4 is 21.6 Å². The quantitative estimate of drug-likeness (QED) is 0.865. The van der Waals surface area contributed by atoms with E-state index in [4.69, 9.17) is 17.3 Å².